The fourth-order valence-corrected chi connectivity index (χ4v) is 6.16. The van der Waals surface area contributed by atoms with E-state index in [1.807, 2.05) is 24.3 Å². The van der Waals surface area contributed by atoms with E-state index in [2.05, 4.69) is 52.6 Å². The van der Waals surface area contributed by atoms with Crippen LogP contribution in [0.25, 0.3) is 10.8 Å². The van der Waals surface area contributed by atoms with Gasteiger partial charge in [0.05, 0.1) is 18.8 Å². The molecule has 2 aromatic carbocycles. The normalized spacial score (nSPS) is 16.4. The van der Waals surface area contributed by atoms with Crippen LogP contribution in [0.4, 0.5) is 5.69 Å². The number of phenols is 1. The van der Waals surface area contributed by atoms with Gasteiger partial charge in [-0.3, -0.25) is 0 Å². The Bertz CT molecular complexity index is 1240. The van der Waals surface area contributed by atoms with Crippen LogP contribution in [0.5, 0.6) is 11.8 Å². The van der Waals surface area contributed by atoms with Crippen molar-refractivity contribution in [2.75, 3.05) is 37.7 Å². The predicted octanol–water partition coefficient (Wildman–Crippen LogP) is 6.25. The molecule has 7 heteroatoms. The third-order valence-electron chi connectivity index (χ3n) is 7.59. The second-order valence-electron chi connectivity index (χ2n) is 10.6. The van der Waals surface area contributed by atoms with Crippen LogP contribution in [0.3, 0.4) is 0 Å². The van der Waals surface area contributed by atoms with Gasteiger partial charge in [-0.15, -0.1) is 0 Å². The van der Waals surface area contributed by atoms with Crippen molar-refractivity contribution >= 4 is 32.4 Å². The maximum absolute atomic E-state index is 10.4. The Morgan fingerprint density at radius 2 is 1.92 bits per heavy atom. The first-order valence-electron chi connectivity index (χ1n) is 13.3. The average molecular weight is 554 g/mol. The number of aryl methyl sites for hydroxylation is 1. The summed E-state index contributed by atoms with van der Waals surface area (Å²) >= 11 is 3.72. The lowest BCUT2D eigenvalue weighted by Gasteiger charge is -2.32. The van der Waals surface area contributed by atoms with E-state index in [0.717, 1.165) is 64.9 Å². The molecule has 0 radical (unpaired) electrons. The van der Waals surface area contributed by atoms with Gasteiger partial charge in [-0.1, -0.05) is 41.9 Å². The van der Waals surface area contributed by atoms with Crippen molar-refractivity contribution in [3.8, 4) is 11.8 Å². The van der Waals surface area contributed by atoms with Crippen LogP contribution in [-0.4, -0.2) is 52.8 Å². The summed E-state index contributed by atoms with van der Waals surface area (Å²) < 4.78 is 7.30. The number of hydrogen-bond acceptors (Lipinski definition) is 6. The Morgan fingerprint density at radius 3 is 2.64 bits per heavy atom. The van der Waals surface area contributed by atoms with Gasteiger partial charge in [0, 0.05) is 45.8 Å². The molecule has 0 amide bonds. The molecule has 0 bridgehead atoms. The molecule has 0 saturated heterocycles. The summed E-state index contributed by atoms with van der Waals surface area (Å²) in [4.78, 5) is 14.5. The Labute approximate surface area is 222 Å². The zero-order chi connectivity index (χ0) is 25.3. The summed E-state index contributed by atoms with van der Waals surface area (Å²) in [6.45, 7) is 12.2. The number of aromatic hydroxyl groups is 1. The van der Waals surface area contributed by atoms with Crippen molar-refractivity contribution in [1.29, 1.82) is 0 Å². The van der Waals surface area contributed by atoms with Crippen molar-refractivity contribution < 1.29 is 9.84 Å². The molecular formula is C29H37BrN4O2. The minimum atomic E-state index is 0.246. The fourth-order valence-electron chi connectivity index (χ4n) is 5.57. The smallest absolute Gasteiger partial charge is 0.316 e. The summed E-state index contributed by atoms with van der Waals surface area (Å²) in [5, 5.41) is 12.5. The summed E-state index contributed by atoms with van der Waals surface area (Å²) in [6, 6.07) is 10.3. The number of phenolic OH excluding ortho intramolecular Hbond substituents is 1. The van der Waals surface area contributed by atoms with Gasteiger partial charge in [0.2, 0.25) is 0 Å². The van der Waals surface area contributed by atoms with E-state index in [-0.39, 0.29) is 11.2 Å². The van der Waals surface area contributed by atoms with E-state index in [0.29, 0.717) is 19.2 Å². The number of hydrogen-bond donors (Lipinski definition) is 1. The number of fused-ring (bicyclic) bond motifs is 2. The first kappa shape index (κ1) is 25.3. The Hall–Kier alpha value is -2.38. The highest BCUT2D eigenvalue weighted by Gasteiger charge is 2.44. The molecule has 192 valence electrons. The highest BCUT2D eigenvalue weighted by Crippen LogP contribution is 2.46. The topological polar surface area (TPSA) is 61.7 Å². The molecule has 0 spiro atoms. The number of ether oxygens (including phenoxy) is 1. The number of nitrogens with zero attached hydrogens (tertiary/aromatic N) is 4. The number of benzene rings is 2. The molecule has 1 aliphatic heterocycles. The zero-order valence-corrected chi connectivity index (χ0v) is 23.3. The van der Waals surface area contributed by atoms with Gasteiger partial charge in [0.1, 0.15) is 5.75 Å². The van der Waals surface area contributed by atoms with Gasteiger partial charge >= 0.3 is 6.01 Å². The highest BCUT2D eigenvalue weighted by molar-refractivity contribution is 9.10. The van der Waals surface area contributed by atoms with Gasteiger partial charge in [-0.25, -0.2) is 4.98 Å². The van der Waals surface area contributed by atoms with Crippen LogP contribution in [0.15, 0.2) is 34.8 Å². The third kappa shape index (κ3) is 5.32. The lowest BCUT2D eigenvalue weighted by Crippen LogP contribution is -2.35. The van der Waals surface area contributed by atoms with E-state index < -0.39 is 0 Å². The maximum atomic E-state index is 10.4. The van der Waals surface area contributed by atoms with Crippen LogP contribution in [0, 0.1) is 12.3 Å². The van der Waals surface area contributed by atoms with Crippen molar-refractivity contribution in [3.05, 3.63) is 51.8 Å². The summed E-state index contributed by atoms with van der Waals surface area (Å²) in [5.41, 5.74) is 4.53. The quantitative estimate of drug-likeness (QED) is 0.320. The molecule has 1 fully saturated rings. The molecule has 1 aliphatic carbocycles. The molecule has 2 aliphatic rings. The largest absolute Gasteiger partial charge is 0.508 e. The van der Waals surface area contributed by atoms with Crippen LogP contribution < -0.4 is 9.64 Å². The average Bonchev–Trinajstić information content (AvgIpc) is 3.62. The monoisotopic (exact) mass is 552 g/mol. The van der Waals surface area contributed by atoms with Crippen LogP contribution in [0.1, 0.15) is 56.5 Å². The first-order valence-corrected chi connectivity index (χ1v) is 14.1. The van der Waals surface area contributed by atoms with Crippen molar-refractivity contribution in [2.24, 2.45) is 5.41 Å². The molecule has 0 atom stereocenters. The van der Waals surface area contributed by atoms with Gasteiger partial charge in [0.15, 0.2) is 0 Å². The molecule has 1 N–H and O–H groups in total. The second kappa shape index (κ2) is 10.5. The zero-order valence-electron chi connectivity index (χ0n) is 21.7. The van der Waals surface area contributed by atoms with Gasteiger partial charge < -0.3 is 19.6 Å². The van der Waals surface area contributed by atoms with Crippen LogP contribution in [-0.2, 0) is 13.0 Å². The van der Waals surface area contributed by atoms with Gasteiger partial charge in [0.25, 0.3) is 0 Å². The number of halogens is 1. The molecule has 0 unspecified atom stereocenters. The highest BCUT2D eigenvalue weighted by atomic mass is 79.9. The summed E-state index contributed by atoms with van der Waals surface area (Å²) in [6.07, 6.45) is 5.68. The third-order valence-corrected chi connectivity index (χ3v) is 8.25. The molecule has 1 aromatic heterocycles. The van der Waals surface area contributed by atoms with Crippen LogP contribution in [0.2, 0.25) is 0 Å². The number of anilines is 1. The lowest BCUT2D eigenvalue weighted by molar-refractivity contribution is 0.153. The van der Waals surface area contributed by atoms with Crippen LogP contribution >= 0.6 is 15.9 Å². The molecule has 5 rings (SSSR count). The minimum Gasteiger partial charge on any atom is -0.508 e. The molecule has 2 heterocycles. The fraction of sp³-hybridized carbons (Fsp3) is 0.517. The molecule has 3 aromatic rings. The van der Waals surface area contributed by atoms with Crippen molar-refractivity contribution in [1.82, 2.24) is 14.9 Å². The molecule has 36 heavy (non-hydrogen) atoms. The Kier molecular flexibility index (Phi) is 7.40. The SMILES string of the molecule is CCCN(CCC)CC1(COc2nc(C)c3c(n2)CN(c2cc(O)cc4cccc(Br)c24)CC3)CC1. The van der Waals surface area contributed by atoms with Crippen molar-refractivity contribution in [3.63, 3.8) is 0 Å². The standard InChI is InChI=1S/C29H37BrN4O2/c1-4-12-33(13-5-2)18-29(10-11-29)19-36-28-31-20(3)23-9-14-34(17-25(23)32-28)26-16-22(35)15-21-7-6-8-24(30)27(21)26/h6-8,15-16,35H,4-5,9-14,17-19H2,1-3H3. The Morgan fingerprint density at radius 1 is 1.14 bits per heavy atom. The Balaban J connectivity index is 1.34. The van der Waals surface area contributed by atoms with Crippen molar-refractivity contribution in [2.45, 2.75) is 59.4 Å². The van der Waals surface area contributed by atoms with Gasteiger partial charge in [-0.05, 0) is 75.2 Å². The second-order valence-corrected chi connectivity index (χ2v) is 11.4. The minimum absolute atomic E-state index is 0.246. The molecule has 1 saturated carbocycles. The van der Waals surface area contributed by atoms with Gasteiger partial charge in [-0.2, -0.15) is 4.98 Å². The maximum Gasteiger partial charge on any atom is 0.316 e. The summed E-state index contributed by atoms with van der Waals surface area (Å²) in [7, 11) is 0. The molecule has 6 nitrogen and oxygen atoms in total. The van der Waals surface area contributed by atoms with E-state index in [9.17, 15) is 5.11 Å². The van der Waals surface area contributed by atoms with E-state index in [1.165, 1.54) is 31.2 Å². The lowest BCUT2D eigenvalue weighted by atomic mass is 10.0. The first-order chi connectivity index (χ1) is 17.4. The van der Waals surface area contributed by atoms with E-state index in [1.54, 1.807) is 0 Å². The number of aromatic nitrogens is 2. The van der Waals surface area contributed by atoms with E-state index in [4.69, 9.17) is 14.7 Å². The molecular weight excluding hydrogens is 516 g/mol. The predicted molar refractivity (Wildman–Crippen MR) is 149 cm³/mol. The van der Waals surface area contributed by atoms with E-state index >= 15 is 0 Å². The summed E-state index contributed by atoms with van der Waals surface area (Å²) in [5.74, 6) is 0.277. The number of rotatable bonds is 10.